The molecule has 0 saturated heterocycles. The van der Waals surface area contributed by atoms with Crippen molar-refractivity contribution >= 4 is 40.1 Å². The van der Waals surface area contributed by atoms with Crippen LogP contribution in [0.3, 0.4) is 0 Å². The number of nitrogens with zero attached hydrogens (tertiary/aromatic N) is 1. The minimum atomic E-state index is -0.481. The standard InChI is InChI=1S/C28H28N4O2S/c1-18-14-15-19(2)23(16-18)31-24(33)17-35-28-29-20(3)25(26(32-28)21-10-6-4-7-11-21)27(34)30-22-12-8-5-9-13-22/h4-16,26H,17H2,1-3H3,(H,29,32)(H,30,34)(H,31,33)/t26-/m1/s1. The number of para-hydroxylation sites is 1. The molecule has 1 heterocycles. The fraction of sp³-hybridized carbons (Fsp3) is 0.179. The third-order valence-corrected chi connectivity index (χ3v) is 6.50. The first-order valence-corrected chi connectivity index (χ1v) is 12.4. The number of hydrogen-bond acceptors (Lipinski definition) is 5. The van der Waals surface area contributed by atoms with Crippen LogP contribution >= 0.6 is 11.8 Å². The minimum Gasteiger partial charge on any atom is -0.338 e. The first-order valence-electron chi connectivity index (χ1n) is 11.4. The average Bonchev–Trinajstić information content (AvgIpc) is 2.85. The number of benzene rings is 3. The number of thioether (sulfide) groups is 1. The Balaban J connectivity index is 1.51. The third kappa shape index (κ3) is 6.19. The number of carbonyl (C=O) groups is 2. The van der Waals surface area contributed by atoms with Crippen LogP contribution in [0.25, 0.3) is 0 Å². The number of amides is 2. The van der Waals surface area contributed by atoms with Gasteiger partial charge >= 0.3 is 0 Å². The van der Waals surface area contributed by atoms with E-state index in [0.29, 0.717) is 16.4 Å². The molecule has 4 rings (SSSR count). The molecule has 0 fully saturated rings. The van der Waals surface area contributed by atoms with Gasteiger partial charge in [-0.2, -0.15) is 0 Å². The van der Waals surface area contributed by atoms with Crippen molar-refractivity contribution < 1.29 is 9.59 Å². The van der Waals surface area contributed by atoms with Crippen molar-refractivity contribution in [1.82, 2.24) is 5.32 Å². The van der Waals surface area contributed by atoms with Gasteiger partial charge in [0.2, 0.25) is 5.91 Å². The third-order valence-electron chi connectivity index (χ3n) is 5.62. The molecule has 0 saturated carbocycles. The summed E-state index contributed by atoms with van der Waals surface area (Å²) in [6.07, 6.45) is 0. The fourth-order valence-electron chi connectivity index (χ4n) is 3.80. The largest absolute Gasteiger partial charge is 0.338 e. The molecule has 3 aromatic rings. The smallest absolute Gasteiger partial charge is 0.255 e. The Hall–Kier alpha value is -3.84. The number of rotatable bonds is 6. The molecule has 1 aliphatic rings. The maximum atomic E-state index is 13.2. The van der Waals surface area contributed by atoms with Gasteiger partial charge in [0.05, 0.1) is 11.3 Å². The number of nitrogens with one attached hydrogen (secondary N) is 3. The van der Waals surface area contributed by atoms with E-state index in [4.69, 9.17) is 4.99 Å². The number of carbonyl (C=O) groups excluding carboxylic acids is 2. The van der Waals surface area contributed by atoms with Crippen LogP contribution in [0.5, 0.6) is 0 Å². The van der Waals surface area contributed by atoms with Crippen molar-refractivity contribution in [2.75, 3.05) is 16.4 Å². The van der Waals surface area contributed by atoms with Crippen LogP contribution < -0.4 is 16.0 Å². The minimum absolute atomic E-state index is 0.112. The lowest BCUT2D eigenvalue weighted by Crippen LogP contribution is -2.32. The molecular formula is C28H28N4O2S. The summed E-state index contributed by atoms with van der Waals surface area (Å²) in [6.45, 7) is 5.83. The van der Waals surface area contributed by atoms with E-state index in [9.17, 15) is 9.59 Å². The van der Waals surface area contributed by atoms with E-state index in [1.54, 1.807) is 0 Å². The van der Waals surface area contributed by atoms with E-state index in [-0.39, 0.29) is 17.6 Å². The van der Waals surface area contributed by atoms with Gasteiger partial charge in [-0.15, -0.1) is 0 Å². The Kier molecular flexibility index (Phi) is 7.67. The summed E-state index contributed by atoms with van der Waals surface area (Å²) in [7, 11) is 0. The average molecular weight is 485 g/mol. The number of aliphatic imine (C=N–C) groups is 1. The summed E-state index contributed by atoms with van der Waals surface area (Å²) in [5, 5.41) is 9.77. The van der Waals surface area contributed by atoms with Crippen LogP contribution in [-0.4, -0.2) is 22.7 Å². The lowest BCUT2D eigenvalue weighted by atomic mass is 9.96. The molecule has 3 N–H and O–H groups in total. The van der Waals surface area contributed by atoms with Gasteiger partial charge in [0.25, 0.3) is 5.91 Å². The Morgan fingerprint density at radius 2 is 1.60 bits per heavy atom. The van der Waals surface area contributed by atoms with Gasteiger partial charge in [-0.25, -0.2) is 4.99 Å². The summed E-state index contributed by atoms with van der Waals surface area (Å²) >= 11 is 1.32. The molecule has 0 radical (unpaired) electrons. The van der Waals surface area contributed by atoms with Gasteiger partial charge in [-0.1, -0.05) is 72.4 Å². The molecule has 0 spiro atoms. The monoisotopic (exact) mass is 484 g/mol. The number of anilines is 2. The topological polar surface area (TPSA) is 82.6 Å². The first kappa shape index (κ1) is 24.3. The number of hydrogen-bond donors (Lipinski definition) is 3. The maximum absolute atomic E-state index is 13.2. The molecule has 6 nitrogen and oxygen atoms in total. The van der Waals surface area contributed by atoms with E-state index < -0.39 is 6.04 Å². The van der Waals surface area contributed by atoms with E-state index in [1.165, 1.54) is 11.8 Å². The second kappa shape index (κ2) is 11.1. The number of amidine groups is 1. The number of aryl methyl sites for hydroxylation is 2. The van der Waals surface area contributed by atoms with Crippen LogP contribution in [0.4, 0.5) is 11.4 Å². The zero-order valence-corrected chi connectivity index (χ0v) is 20.8. The molecule has 0 aliphatic carbocycles. The maximum Gasteiger partial charge on any atom is 0.255 e. The van der Waals surface area contributed by atoms with Crippen LogP contribution in [0, 0.1) is 13.8 Å². The van der Waals surface area contributed by atoms with E-state index >= 15 is 0 Å². The van der Waals surface area contributed by atoms with Gasteiger partial charge < -0.3 is 16.0 Å². The zero-order chi connectivity index (χ0) is 24.8. The van der Waals surface area contributed by atoms with Gasteiger partial charge in [0.1, 0.15) is 6.04 Å². The molecule has 178 valence electrons. The SMILES string of the molecule is CC1=C(C(=O)Nc2ccccc2)[C@@H](c2ccccc2)N=C(SCC(=O)Nc2cc(C)ccc2C)N1. The van der Waals surface area contributed by atoms with Crippen LogP contribution in [0.15, 0.2) is 95.1 Å². The Morgan fingerprint density at radius 1 is 0.914 bits per heavy atom. The lowest BCUT2D eigenvalue weighted by molar-refractivity contribution is -0.114. The predicted octanol–water partition coefficient (Wildman–Crippen LogP) is 5.59. The highest BCUT2D eigenvalue weighted by atomic mass is 32.2. The normalized spacial score (nSPS) is 15.2. The van der Waals surface area contributed by atoms with Crippen molar-refractivity contribution in [2.24, 2.45) is 4.99 Å². The second-order valence-corrected chi connectivity index (χ2v) is 9.35. The molecule has 0 unspecified atom stereocenters. The van der Waals surface area contributed by atoms with Crippen LogP contribution in [-0.2, 0) is 9.59 Å². The zero-order valence-electron chi connectivity index (χ0n) is 20.0. The molecule has 0 aromatic heterocycles. The van der Waals surface area contributed by atoms with Crippen molar-refractivity contribution in [1.29, 1.82) is 0 Å². The highest BCUT2D eigenvalue weighted by molar-refractivity contribution is 8.14. The van der Waals surface area contributed by atoms with E-state index in [2.05, 4.69) is 16.0 Å². The lowest BCUT2D eigenvalue weighted by Gasteiger charge is -2.26. The summed E-state index contributed by atoms with van der Waals surface area (Å²) in [4.78, 5) is 30.7. The molecule has 0 bridgehead atoms. The van der Waals surface area contributed by atoms with Gasteiger partial charge in [-0.05, 0) is 55.7 Å². The second-order valence-electron chi connectivity index (χ2n) is 8.39. The molecule has 1 atom stereocenters. The van der Waals surface area contributed by atoms with Crippen molar-refractivity contribution in [2.45, 2.75) is 26.8 Å². The molecule has 35 heavy (non-hydrogen) atoms. The summed E-state index contributed by atoms with van der Waals surface area (Å²) < 4.78 is 0. The van der Waals surface area contributed by atoms with Crippen molar-refractivity contribution in [3.63, 3.8) is 0 Å². The molecular weight excluding hydrogens is 456 g/mol. The molecule has 3 aromatic carbocycles. The Bertz CT molecular complexity index is 1290. The van der Waals surface area contributed by atoms with Gasteiger partial charge in [-0.3, -0.25) is 9.59 Å². The predicted molar refractivity (Wildman–Crippen MR) is 145 cm³/mol. The quantitative estimate of drug-likeness (QED) is 0.426. The highest BCUT2D eigenvalue weighted by Crippen LogP contribution is 2.33. The molecule has 1 aliphatic heterocycles. The molecule has 7 heteroatoms. The Labute approximate surface area is 209 Å². The van der Waals surface area contributed by atoms with E-state index in [1.807, 2.05) is 99.6 Å². The summed E-state index contributed by atoms with van der Waals surface area (Å²) in [6, 6.07) is 24.5. The van der Waals surface area contributed by atoms with Crippen molar-refractivity contribution in [3.05, 3.63) is 107 Å². The van der Waals surface area contributed by atoms with Crippen LogP contribution in [0.2, 0.25) is 0 Å². The summed E-state index contributed by atoms with van der Waals surface area (Å²) in [5.41, 5.74) is 5.79. The van der Waals surface area contributed by atoms with E-state index in [0.717, 1.165) is 28.1 Å². The Morgan fingerprint density at radius 3 is 2.31 bits per heavy atom. The van der Waals surface area contributed by atoms with Gasteiger partial charge in [0.15, 0.2) is 5.17 Å². The van der Waals surface area contributed by atoms with Crippen LogP contribution in [0.1, 0.15) is 29.7 Å². The number of allylic oxidation sites excluding steroid dienone is 1. The van der Waals surface area contributed by atoms with Crippen molar-refractivity contribution in [3.8, 4) is 0 Å². The first-order chi connectivity index (χ1) is 16.9. The summed E-state index contributed by atoms with van der Waals surface area (Å²) in [5.74, 6) is -0.131. The fourth-order valence-corrected chi connectivity index (χ4v) is 4.55. The highest BCUT2D eigenvalue weighted by Gasteiger charge is 2.29. The van der Waals surface area contributed by atoms with Gasteiger partial charge in [0, 0.05) is 17.1 Å². The molecule has 2 amide bonds.